The van der Waals surface area contributed by atoms with Crippen molar-refractivity contribution < 1.29 is 14.0 Å². The molecule has 0 amide bonds. The molecule has 0 unspecified atom stereocenters. The Bertz CT molecular complexity index is 525. The highest BCUT2D eigenvalue weighted by molar-refractivity contribution is 6.37. The first-order valence-electron chi connectivity index (χ1n) is 10.6. The molecule has 0 saturated heterocycles. The standard InChI is InChI=1S/C23H41BO3/c1-10-12-14-25-24(26-15-13-11-2)27-21-19(22(4,5)6)16-18(3)17-20(21)23(7,8)9/h16-17H,10-15H2,1-9H3. The molecule has 1 aromatic rings. The Kier molecular flexibility index (Phi) is 9.37. The third-order valence-electron chi connectivity index (χ3n) is 4.57. The number of benzene rings is 1. The second-order valence-electron chi connectivity index (χ2n) is 9.54. The van der Waals surface area contributed by atoms with Gasteiger partial charge in [-0.15, -0.1) is 0 Å². The molecule has 0 atom stereocenters. The fourth-order valence-electron chi connectivity index (χ4n) is 2.87. The summed E-state index contributed by atoms with van der Waals surface area (Å²) in [4.78, 5) is 0. The van der Waals surface area contributed by atoms with E-state index >= 15 is 0 Å². The summed E-state index contributed by atoms with van der Waals surface area (Å²) in [6, 6.07) is 4.47. The van der Waals surface area contributed by atoms with Crippen molar-refractivity contribution in [1.82, 2.24) is 0 Å². The summed E-state index contributed by atoms with van der Waals surface area (Å²) in [5, 5.41) is 0. The molecule has 0 aromatic heterocycles. The molecule has 0 aliphatic heterocycles. The summed E-state index contributed by atoms with van der Waals surface area (Å²) in [6.07, 6.45) is 4.19. The van der Waals surface area contributed by atoms with Gasteiger partial charge in [-0.1, -0.05) is 85.9 Å². The van der Waals surface area contributed by atoms with E-state index in [9.17, 15) is 0 Å². The fraction of sp³-hybridized carbons (Fsp3) is 0.739. The zero-order valence-electron chi connectivity index (χ0n) is 19.2. The molecule has 1 rings (SSSR count). The molecule has 0 fully saturated rings. The minimum Gasteiger partial charge on any atom is -0.511 e. The van der Waals surface area contributed by atoms with Crippen LogP contribution in [0.1, 0.15) is 97.8 Å². The van der Waals surface area contributed by atoms with Crippen LogP contribution in [0.15, 0.2) is 12.1 Å². The van der Waals surface area contributed by atoms with Gasteiger partial charge < -0.3 is 14.0 Å². The van der Waals surface area contributed by atoms with Crippen LogP contribution in [-0.2, 0) is 20.1 Å². The van der Waals surface area contributed by atoms with Gasteiger partial charge in [-0.3, -0.25) is 0 Å². The van der Waals surface area contributed by atoms with Gasteiger partial charge in [0.05, 0.1) is 0 Å². The average molecular weight is 376 g/mol. The van der Waals surface area contributed by atoms with Crippen molar-refractivity contribution in [3.63, 3.8) is 0 Å². The lowest BCUT2D eigenvalue weighted by atomic mass is 9.78. The third kappa shape index (κ3) is 7.87. The predicted octanol–water partition coefficient (Wildman–Crippen LogP) is 6.59. The summed E-state index contributed by atoms with van der Waals surface area (Å²) in [5.41, 5.74) is 3.61. The molecule has 0 heterocycles. The minimum absolute atomic E-state index is 0.0290. The van der Waals surface area contributed by atoms with Crippen LogP contribution in [0.2, 0.25) is 0 Å². The van der Waals surface area contributed by atoms with Gasteiger partial charge in [0.15, 0.2) is 0 Å². The molecule has 0 spiro atoms. The molecule has 27 heavy (non-hydrogen) atoms. The SMILES string of the molecule is CCCCOB(OCCCC)Oc1c(C(C)(C)C)cc(C)cc1C(C)(C)C. The van der Waals surface area contributed by atoms with Gasteiger partial charge in [0, 0.05) is 13.2 Å². The van der Waals surface area contributed by atoms with E-state index in [0.717, 1.165) is 31.4 Å². The van der Waals surface area contributed by atoms with E-state index in [4.69, 9.17) is 14.0 Å². The molecule has 4 heteroatoms. The Labute approximate surface area is 168 Å². The van der Waals surface area contributed by atoms with Gasteiger partial charge in [0.25, 0.3) is 0 Å². The lowest BCUT2D eigenvalue weighted by Gasteiger charge is -2.31. The van der Waals surface area contributed by atoms with Crippen molar-refractivity contribution in [3.8, 4) is 5.75 Å². The maximum absolute atomic E-state index is 6.43. The van der Waals surface area contributed by atoms with E-state index in [1.807, 2.05) is 0 Å². The third-order valence-corrected chi connectivity index (χ3v) is 4.57. The molecule has 0 aliphatic carbocycles. The van der Waals surface area contributed by atoms with Crippen LogP contribution in [0.5, 0.6) is 5.75 Å². The predicted molar refractivity (Wildman–Crippen MR) is 117 cm³/mol. The van der Waals surface area contributed by atoms with Crippen molar-refractivity contribution in [2.45, 2.75) is 98.8 Å². The maximum atomic E-state index is 6.43. The lowest BCUT2D eigenvalue weighted by molar-refractivity contribution is 0.135. The first-order valence-corrected chi connectivity index (χ1v) is 10.6. The fourth-order valence-corrected chi connectivity index (χ4v) is 2.87. The highest BCUT2D eigenvalue weighted by Gasteiger charge is 2.32. The van der Waals surface area contributed by atoms with Gasteiger partial charge in [0.2, 0.25) is 0 Å². The van der Waals surface area contributed by atoms with Gasteiger partial charge in [-0.2, -0.15) is 0 Å². The Hall–Kier alpha value is -0.995. The average Bonchev–Trinajstić information content (AvgIpc) is 2.54. The number of unbranched alkanes of at least 4 members (excludes halogenated alkanes) is 2. The first-order chi connectivity index (χ1) is 12.5. The summed E-state index contributed by atoms with van der Waals surface area (Å²) < 4.78 is 18.3. The van der Waals surface area contributed by atoms with Crippen LogP contribution < -0.4 is 4.65 Å². The number of hydrogen-bond donors (Lipinski definition) is 0. The number of aryl methyl sites for hydroxylation is 1. The smallest absolute Gasteiger partial charge is 0.511 e. The van der Waals surface area contributed by atoms with Crippen molar-refractivity contribution in [2.75, 3.05) is 13.2 Å². The Morgan fingerprint density at radius 3 is 1.52 bits per heavy atom. The molecule has 154 valence electrons. The van der Waals surface area contributed by atoms with Crippen molar-refractivity contribution in [3.05, 3.63) is 28.8 Å². The Balaban J connectivity index is 3.28. The maximum Gasteiger partial charge on any atom is 0.713 e. The van der Waals surface area contributed by atoms with Gasteiger partial charge in [-0.05, 0) is 41.7 Å². The molecular weight excluding hydrogens is 335 g/mol. The van der Waals surface area contributed by atoms with E-state index in [1.165, 1.54) is 16.7 Å². The quantitative estimate of drug-likeness (QED) is 0.341. The van der Waals surface area contributed by atoms with Crippen LogP contribution in [0.3, 0.4) is 0 Å². The van der Waals surface area contributed by atoms with Gasteiger partial charge >= 0.3 is 7.32 Å². The van der Waals surface area contributed by atoms with Crippen molar-refractivity contribution in [2.24, 2.45) is 0 Å². The number of rotatable bonds is 10. The zero-order chi connectivity index (χ0) is 20.7. The largest absolute Gasteiger partial charge is 0.713 e. The molecule has 0 bridgehead atoms. The lowest BCUT2D eigenvalue weighted by Crippen LogP contribution is -2.34. The molecule has 0 aliphatic rings. The zero-order valence-corrected chi connectivity index (χ0v) is 19.2. The topological polar surface area (TPSA) is 27.7 Å². The van der Waals surface area contributed by atoms with Crippen LogP contribution in [0.4, 0.5) is 0 Å². The Morgan fingerprint density at radius 1 is 0.778 bits per heavy atom. The van der Waals surface area contributed by atoms with Gasteiger partial charge in [-0.25, -0.2) is 0 Å². The van der Waals surface area contributed by atoms with E-state index in [1.54, 1.807) is 0 Å². The summed E-state index contributed by atoms with van der Waals surface area (Å²) in [6.45, 7) is 21.1. The molecular formula is C23H41BO3. The van der Waals surface area contributed by atoms with Crippen LogP contribution in [-0.4, -0.2) is 20.5 Å². The molecule has 0 N–H and O–H groups in total. The van der Waals surface area contributed by atoms with Crippen LogP contribution >= 0.6 is 0 Å². The first kappa shape index (κ1) is 24.0. The second kappa shape index (κ2) is 10.5. The number of hydrogen-bond acceptors (Lipinski definition) is 3. The molecule has 0 radical (unpaired) electrons. The highest BCUT2D eigenvalue weighted by Crippen LogP contribution is 2.41. The van der Waals surface area contributed by atoms with Gasteiger partial charge in [0.1, 0.15) is 5.75 Å². The Morgan fingerprint density at radius 2 is 1.19 bits per heavy atom. The molecule has 3 nitrogen and oxygen atoms in total. The normalized spacial score (nSPS) is 12.3. The van der Waals surface area contributed by atoms with Crippen LogP contribution in [0, 0.1) is 6.92 Å². The molecule has 1 aromatic carbocycles. The highest BCUT2D eigenvalue weighted by atomic mass is 16.7. The van der Waals surface area contributed by atoms with E-state index in [-0.39, 0.29) is 10.8 Å². The van der Waals surface area contributed by atoms with Crippen molar-refractivity contribution >= 4 is 7.32 Å². The minimum atomic E-state index is -0.659. The van der Waals surface area contributed by atoms with E-state index < -0.39 is 7.32 Å². The second-order valence-corrected chi connectivity index (χ2v) is 9.54. The summed E-state index contributed by atoms with van der Waals surface area (Å²) in [7, 11) is -0.659. The monoisotopic (exact) mass is 376 g/mol. The van der Waals surface area contributed by atoms with Crippen LogP contribution in [0.25, 0.3) is 0 Å². The summed E-state index contributed by atoms with van der Waals surface area (Å²) >= 11 is 0. The van der Waals surface area contributed by atoms with E-state index in [0.29, 0.717) is 13.2 Å². The van der Waals surface area contributed by atoms with E-state index in [2.05, 4.69) is 74.4 Å². The molecule has 0 saturated carbocycles. The summed E-state index contributed by atoms with van der Waals surface area (Å²) in [5.74, 6) is 0.915. The van der Waals surface area contributed by atoms with Crippen molar-refractivity contribution in [1.29, 1.82) is 0 Å².